The minimum Gasteiger partial charge on any atom is -0.289 e. The first-order chi connectivity index (χ1) is 10.2. The van der Waals surface area contributed by atoms with E-state index in [0.717, 1.165) is 5.56 Å². The van der Waals surface area contributed by atoms with Crippen LogP contribution in [0.4, 0.5) is 0 Å². The first-order valence-electron chi connectivity index (χ1n) is 6.69. The number of halogens is 2. The van der Waals surface area contributed by atoms with E-state index in [-0.39, 0.29) is 22.8 Å². The molecule has 0 aliphatic heterocycles. The Balaban J connectivity index is 0.00000176. The van der Waals surface area contributed by atoms with Crippen LogP contribution in [0.25, 0.3) is 16.8 Å². The number of hydrogen-bond donors (Lipinski definition) is 0. The maximum Gasteiger partial charge on any atom is 0.185 e. The molecular formula is C19H14BrClO. The Morgan fingerprint density at radius 2 is 1.55 bits per heavy atom. The van der Waals surface area contributed by atoms with Crippen molar-refractivity contribution in [3.8, 4) is 0 Å². The quantitative estimate of drug-likeness (QED) is 0.408. The summed E-state index contributed by atoms with van der Waals surface area (Å²) in [6.45, 7) is 0. The second-order valence-corrected chi connectivity index (χ2v) is 5.25. The zero-order valence-corrected chi connectivity index (χ0v) is 14.2. The van der Waals surface area contributed by atoms with Gasteiger partial charge in [-0.15, -0.1) is 17.0 Å². The standard InChI is InChI=1S/C19H13ClO.BrH/c20-18-10-8-16(9-11-18)19(21)12-6-14-5-7-15-3-1-2-4-17(15)13-14;/h1-13H;1H. The molecule has 0 aliphatic rings. The van der Waals surface area contributed by atoms with Crippen LogP contribution in [0.1, 0.15) is 15.9 Å². The van der Waals surface area contributed by atoms with Gasteiger partial charge in [0, 0.05) is 10.6 Å². The fourth-order valence-electron chi connectivity index (χ4n) is 2.19. The number of carbonyl (C=O) groups excluding carboxylic acids is 1. The molecule has 0 amide bonds. The molecule has 1 nitrogen and oxygen atoms in total. The van der Waals surface area contributed by atoms with E-state index in [1.807, 2.05) is 24.3 Å². The molecule has 110 valence electrons. The normalized spacial score (nSPS) is 10.6. The number of rotatable bonds is 3. The van der Waals surface area contributed by atoms with Gasteiger partial charge in [-0.05, 0) is 52.7 Å². The van der Waals surface area contributed by atoms with Crippen LogP contribution in [0.15, 0.2) is 72.8 Å². The zero-order valence-electron chi connectivity index (χ0n) is 11.7. The molecule has 0 bridgehead atoms. The van der Waals surface area contributed by atoms with Crippen molar-refractivity contribution >= 4 is 51.2 Å². The van der Waals surface area contributed by atoms with Crippen molar-refractivity contribution in [2.75, 3.05) is 0 Å². The second kappa shape index (κ2) is 7.39. The SMILES string of the molecule is Br.O=C(C=Cc1ccc2ccccc2c1)c1ccc(Cl)cc1. The van der Waals surface area contributed by atoms with Crippen LogP contribution in [-0.4, -0.2) is 5.78 Å². The van der Waals surface area contributed by atoms with E-state index in [0.29, 0.717) is 10.6 Å². The molecule has 0 heterocycles. The molecule has 0 saturated carbocycles. The minimum absolute atomic E-state index is 0. The van der Waals surface area contributed by atoms with Crippen LogP contribution in [0.3, 0.4) is 0 Å². The fraction of sp³-hybridized carbons (Fsp3) is 0. The Bertz CT molecular complexity index is 822. The van der Waals surface area contributed by atoms with Gasteiger partial charge in [-0.1, -0.05) is 54.1 Å². The van der Waals surface area contributed by atoms with Crippen LogP contribution in [-0.2, 0) is 0 Å². The maximum atomic E-state index is 12.1. The summed E-state index contributed by atoms with van der Waals surface area (Å²) in [5, 5.41) is 2.99. The zero-order chi connectivity index (χ0) is 14.7. The smallest absolute Gasteiger partial charge is 0.185 e. The Hall–Kier alpha value is -1.90. The lowest BCUT2D eigenvalue weighted by atomic mass is 10.1. The molecule has 0 radical (unpaired) electrons. The van der Waals surface area contributed by atoms with Crippen molar-refractivity contribution in [3.63, 3.8) is 0 Å². The van der Waals surface area contributed by atoms with Crippen molar-refractivity contribution in [3.05, 3.63) is 89.0 Å². The third-order valence-electron chi connectivity index (χ3n) is 3.33. The molecule has 0 unspecified atom stereocenters. The number of benzene rings is 3. The molecule has 0 N–H and O–H groups in total. The van der Waals surface area contributed by atoms with Gasteiger partial charge in [-0.3, -0.25) is 4.79 Å². The highest BCUT2D eigenvalue weighted by atomic mass is 79.9. The second-order valence-electron chi connectivity index (χ2n) is 4.81. The van der Waals surface area contributed by atoms with Crippen LogP contribution < -0.4 is 0 Å². The summed E-state index contributed by atoms with van der Waals surface area (Å²) in [5.41, 5.74) is 1.65. The summed E-state index contributed by atoms with van der Waals surface area (Å²) >= 11 is 5.82. The summed E-state index contributed by atoms with van der Waals surface area (Å²) in [4.78, 5) is 12.1. The van der Waals surface area contributed by atoms with Crippen molar-refractivity contribution in [2.45, 2.75) is 0 Å². The molecule has 0 saturated heterocycles. The van der Waals surface area contributed by atoms with Gasteiger partial charge < -0.3 is 0 Å². The molecule has 22 heavy (non-hydrogen) atoms. The van der Waals surface area contributed by atoms with E-state index in [9.17, 15) is 4.79 Å². The number of allylic oxidation sites excluding steroid dienone is 1. The van der Waals surface area contributed by atoms with E-state index in [1.54, 1.807) is 30.3 Å². The molecule has 0 spiro atoms. The Labute approximate surface area is 145 Å². The Morgan fingerprint density at radius 3 is 2.27 bits per heavy atom. The van der Waals surface area contributed by atoms with E-state index in [4.69, 9.17) is 11.6 Å². The van der Waals surface area contributed by atoms with Crippen molar-refractivity contribution in [1.29, 1.82) is 0 Å². The average molecular weight is 374 g/mol. The van der Waals surface area contributed by atoms with Crippen molar-refractivity contribution in [1.82, 2.24) is 0 Å². The molecule has 0 atom stereocenters. The van der Waals surface area contributed by atoms with Crippen LogP contribution in [0.2, 0.25) is 5.02 Å². The van der Waals surface area contributed by atoms with Crippen LogP contribution in [0.5, 0.6) is 0 Å². The molecule has 3 aromatic carbocycles. The average Bonchev–Trinajstić information content (AvgIpc) is 2.53. The number of carbonyl (C=O) groups is 1. The third kappa shape index (κ3) is 3.85. The predicted octanol–water partition coefficient (Wildman–Crippen LogP) is 5.97. The fourth-order valence-corrected chi connectivity index (χ4v) is 2.32. The lowest BCUT2D eigenvalue weighted by molar-refractivity contribution is 0.104. The first kappa shape index (κ1) is 16.5. The largest absolute Gasteiger partial charge is 0.289 e. The predicted molar refractivity (Wildman–Crippen MR) is 99.1 cm³/mol. The minimum atomic E-state index is -0.0279. The number of hydrogen-bond acceptors (Lipinski definition) is 1. The van der Waals surface area contributed by atoms with Gasteiger partial charge in [0.15, 0.2) is 5.78 Å². The Morgan fingerprint density at radius 1 is 0.864 bits per heavy atom. The number of ketones is 1. The van der Waals surface area contributed by atoms with Gasteiger partial charge >= 0.3 is 0 Å². The lowest BCUT2D eigenvalue weighted by Crippen LogP contribution is -1.93. The monoisotopic (exact) mass is 372 g/mol. The van der Waals surface area contributed by atoms with Gasteiger partial charge in [-0.2, -0.15) is 0 Å². The van der Waals surface area contributed by atoms with Gasteiger partial charge in [0.05, 0.1) is 0 Å². The topological polar surface area (TPSA) is 17.1 Å². The van der Waals surface area contributed by atoms with Gasteiger partial charge in [0.25, 0.3) is 0 Å². The lowest BCUT2D eigenvalue weighted by Gasteiger charge is -1.99. The van der Waals surface area contributed by atoms with E-state index in [2.05, 4.69) is 24.3 Å². The van der Waals surface area contributed by atoms with Gasteiger partial charge in [0.1, 0.15) is 0 Å². The van der Waals surface area contributed by atoms with E-state index in [1.165, 1.54) is 10.8 Å². The van der Waals surface area contributed by atoms with Crippen molar-refractivity contribution in [2.24, 2.45) is 0 Å². The molecule has 3 heteroatoms. The van der Waals surface area contributed by atoms with Gasteiger partial charge in [-0.25, -0.2) is 0 Å². The summed E-state index contributed by atoms with van der Waals surface area (Å²) in [6.07, 6.45) is 3.43. The molecule has 3 rings (SSSR count). The third-order valence-corrected chi connectivity index (χ3v) is 3.58. The Kier molecular flexibility index (Phi) is 5.53. The van der Waals surface area contributed by atoms with Crippen molar-refractivity contribution < 1.29 is 4.79 Å². The molecular weight excluding hydrogens is 360 g/mol. The van der Waals surface area contributed by atoms with E-state index >= 15 is 0 Å². The first-order valence-corrected chi connectivity index (χ1v) is 7.07. The molecule has 0 aliphatic carbocycles. The summed E-state index contributed by atoms with van der Waals surface area (Å²) < 4.78 is 0. The van der Waals surface area contributed by atoms with Crippen LogP contribution in [0, 0.1) is 0 Å². The molecule has 3 aromatic rings. The van der Waals surface area contributed by atoms with Crippen LogP contribution >= 0.6 is 28.6 Å². The van der Waals surface area contributed by atoms with E-state index < -0.39 is 0 Å². The summed E-state index contributed by atoms with van der Waals surface area (Å²) in [5.74, 6) is -0.0279. The molecule has 0 fully saturated rings. The summed E-state index contributed by atoms with van der Waals surface area (Å²) in [6, 6.07) is 21.2. The highest BCUT2D eigenvalue weighted by Gasteiger charge is 2.01. The summed E-state index contributed by atoms with van der Waals surface area (Å²) in [7, 11) is 0. The maximum absolute atomic E-state index is 12.1. The number of fused-ring (bicyclic) bond motifs is 1. The van der Waals surface area contributed by atoms with Gasteiger partial charge in [0.2, 0.25) is 0 Å². The highest BCUT2D eigenvalue weighted by molar-refractivity contribution is 8.93. The molecule has 0 aromatic heterocycles. The highest BCUT2D eigenvalue weighted by Crippen LogP contribution is 2.17.